The lowest BCUT2D eigenvalue weighted by Crippen LogP contribution is -2.22. The van der Waals surface area contributed by atoms with E-state index < -0.39 is 18.2 Å². The molecular formula is C16H18F3NO. The summed E-state index contributed by atoms with van der Waals surface area (Å²) >= 11 is 0. The van der Waals surface area contributed by atoms with Crippen LogP contribution in [0.3, 0.4) is 0 Å². The highest BCUT2D eigenvalue weighted by molar-refractivity contribution is 5.79. The smallest absolute Gasteiger partial charge is 0.385 e. The quantitative estimate of drug-likeness (QED) is 0.902. The van der Waals surface area contributed by atoms with Gasteiger partial charge in [0, 0.05) is 17.5 Å². The fourth-order valence-corrected chi connectivity index (χ4v) is 2.34. The molecule has 114 valence electrons. The number of pyridine rings is 1. The van der Waals surface area contributed by atoms with Crippen LogP contribution in [0.2, 0.25) is 0 Å². The Morgan fingerprint density at radius 3 is 2.48 bits per heavy atom. The number of alkyl halides is 3. The Morgan fingerprint density at radius 1 is 1.10 bits per heavy atom. The van der Waals surface area contributed by atoms with Crippen LogP contribution in [-0.4, -0.2) is 16.3 Å². The topological polar surface area (TPSA) is 33.1 Å². The number of aromatic nitrogens is 1. The molecule has 1 aromatic carbocycles. The maximum atomic E-state index is 12.2. The van der Waals surface area contributed by atoms with Crippen molar-refractivity contribution < 1.29 is 18.3 Å². The Labute approximate surface area is 121 Å². The summed E-state index contributed by atoms with van der Waals surface area (Å²) in [6.45, 7) is 3.44. The molecule has 5 heteroatoms. The number of hydrogen-bond donors (Lipinski definition) is 1. The first-order chi connectivity index (χ1) is 9.67. The fourth-order valence-electron chi connectivity index (χ4n) is 2.34. The van der Waals surface area contributed by atoms with Gasteiger partial charge < -0.3 is 5.11 Å². The normalized spacial score (nSPS) is 15.1. The first-order valence-electron chi connectivity index (χ1n) is 6.84. The third-order valence-corrected chi connectivity index (χ3v) is 3.57. The summed E-state index contributed by atoms with van der Waals surface area (Å²) in [5.74, 6) is 0. The summed E-state index contributed by atoms with van der Waals surface area (Å²) in [5, 5.41) is 11.3. The van der Waals surface area contributed by atoms with Crippen LogP contribution in [-0.2, 0) is 5.60 Å². The van der Waals surface area contributed by atoms with Crippen LogP contribution in [0.25, 0.3) is 10.9 Å². The molecule has 0 amide bonds. The third-order valence-electron chi connectivity index (χ3n) is 3.57. The van der Waals surface area contributed by atoms with Crippen molar-refractivity contribution in [3.05, 3.63) is 41.6 Å². The fraction of sp³-hybridized carbons (Fsp3) is 0.438. The van der Waals surface area contributed by atoms with Gasteiger partial charge in [-0.15, -0.1) is 0 Å². The van der Waals surface area contributed by atoms with Crippen molar-refractivity contribution in [1.82, 2.24) is 4.98 Å². The first kappa shape index (κ1) is 15.8. The predicted molar refractivity (Wildman–Crippen MR) is 76.0 cm³/mol. The molecule has 1 atom stereocenters. The molecule has 21 heavy (non-hydrogen) atoms. The van der Waals surface area contributed by atoms with Crippen molar-refractivity contribution in [3.63, 3.8) is 0 Å². The number of benzene rings is 1. The molecule has 2 rings (SSSR count). The third kappa shape index (κ3) is 4.17. The lowest BCUT2D eigenvalue weighted by molar-refractivity contribution is -0.137. The van der Waals surface area contributed by atoms with Crippen LogP contribution >= 0.6 is 0 Å². The molecule has 1 unspecified atom stereocenters. The summed E-state index contributed by atoms with van der Waals surface area (Å²) in [6, 6.07) is 9.06. The first-order valence-corrected chi connectivity index (χ1v) is 6.84. The molecule has 1 heterocycles. The standard InChI is InChI=1S/C16H18F3NO/c1-11-4-5-12-10-13(6-7-14(12)20-11)15(2,21)8-3-9-16(17,18)19/h4-7,10,21H,3,8-9H2,1-2H3. The zero-order chi connectivity index (χ0) is 15.7. The van der Waals surface area contributed by atoms with E-state index in [9.17, 15) is 18.3 Å². The number of hydrogen-bond acceptors (Lipinski definition) is 2. The second-order valence-electron chi connectivity index (χ2n) is 5.60. The maximum Gasteiger partial charge on any atom is 0.389 e. The number of fused-ring (bicyclic) bond motifs is 1. The Morgan fingerprint density at radius 2 is 1.81 bits per heavy atom. The monoisotopic (exact) mass is 297 g/mol. The van der Waals surface area contributed by atoms with E-state index in [1.807, 2.05) is 19.1 Å². The van der Waals surface area contributed by atoms with Gasteiger partial charge >= 0.3 is 6.18 Å². The van der Waals surface area contributed by atoms with E-state index in [-0.39, 0.29) is 12.8 Å². The largest absolute Gasteiger partial charge is 0.389 e. The van der Waals surface area contributed by atoms with Gasteiger partial charge in [0.2, 0.25) is 0 Å². The lowest BCUT2D eigenvalue weighted by atomic mass is 9.89. The molecule has 0 fully saturated rings. The molecule has 0 saturated heterocycles. The molecule has 0 aliphatic rings. The average Bonchev–Trinajstić information content (AvgIpc) is 2.36. The minimum absolute atomic E-state index is 0.0668. The molecule has 0 aliphatic carbocycles. The van der Waals surface area contributed by atoms with E-state index in [4.69, 9.17) is 0 Å². The van der Waals surface area contributed by atoms with Gasteiger partial charge in [-0.1, -0.05) is 12.1 Å². The molecule has 0 spiro atoms. The van der Waals surface area contributed by atoms with Gasteiger partial charge in [0.15, 0.2) is 0 Å². The summed E-state index contributed by atoms with van der Waals surface area (Å²) in [4.78, 5) is 4.36. The number of halogens is 3. The zero-order valence-corrected chi connectivity index (χ0v) is 12.0. The highest BCUT2D eigenvalue weighted by Crippen LogP contribution is 2.31. The maximum absolute atomic E-state index is 12.2. The SMILES string of the molecule is Cc1ccc2cc(C(C)(O)CCCC(F)(F)F)ccc2n1. The van der Waals surface area contributed by atoms with E-state index in [0.29, 0.717) is 5.56 Å². The number of nitrogens with zero attached hydrogens (tertiary/aromatic N) is 1. The Hall–Kier alpha value is -1.62. The van der Waals surface area contributed by atoms with Gasteiger partial charge in [-0.3, -0.25) is 4.98 Å². The molecule has 0 aliphatic heterocycles. The van der Waals surface area contributed by atoms with Crippen molar-refractivity contribution in [1.29, 1.82) is 0 Å². The van der Waals surface area contributed by atoms with Crippen LogP contribution in [0.5, 0.6) is 0 Å². The van der Waals surface area contributed by atoms with Crippen molar-refractivity contribution in [2.24, 2.45) is 0 Å². The molecule has 1 N–H and O–H groups in total. The van der Waals surface area contributed by atoms with E-state index in [1.165, 1.54) is 0 Å². The van der Waals surface area contributed by atoms with E-state index >= 15 is 0 Å². The van der Waals surface area contributed by atoms with Crippen LogP contribution in [0.15, 0.2) is 30.3 Å². The Kier molecular flexibility index (Phi) is 4.23. The Balaban J connectivity index is 2.17. The second kappa shape index (κ2) is 5.64. The van der Waals surface area contributed by atoms with Gasteiger partial charge in [-0.25, -0.2) is 0 Å². The second-order valence-corrected chi connectivity index (χ2v) is 5.60. The number of aryl methyl sites for hydroxylation is 1. The Bertz CT molecular complexity index is 635. The van der Waals surface area contributed by atoms with E-state index in [0.717, 1.165) is 16.6 Å². The molecular weight excluding hydrogens is 279 g/mol. The summed E-state index contributed by atoms with van der Waals surface area (Å²) in [5.41, 5.74) is 1.05. The van der Waals surface area contributed by atoms with Crippen LogP contribution in [0, 0.1) is 6.92 Å². The minimum atomic E-state index is -4.18. The average molecular weight is 297 g/mol. The summed E-state index contributed by atoms with van der Waals surface area (Å²) in [7, 11) is 0. The molecule has 0 bridgehead atoms. The minimum Gasteiger partial charge on any atom is -0.385 e. The number of rotatable bonds is 4. The van der Waals surface area contributed by atoms with Crippen LogP contribution < -0.4 is 0 Å². The van der Waals surface area contributed by atoms with Crippen LogP contribution in [0.1, 0.15) is 37.4 Å². The van der Waals surface area contributed by atoms with Gasteiger partial charge in [0.1, 0.15) is 0 Å². The van der Waals surface area contributed by atoms with Gasteiger partial charge in [0.05, 0.1) is 11.1 Å². The summed E-state index contributed by atoms with van der Waals surface area (Å²) < 4.78 is 36.6. The highest BCUT2D eigenvalue weighted by atomic mass is 19.4. The molecule has 0 saturated carbocycles. The predicted octanol–water partition coefficient (Wildman–Crippen LogP) is 4.48. The molecule has 2 aromatic rings. The molecule has 2 nitrogen and oxygen atoms in total. The van der Waals surface area contributed by atoms with Crippen LogP contribution in [0.4, 0.5) is 13.2 Å². The van der Waals surface area contributed by atoms with Gasteiger partial charge in [-0.05, 0) is 50.5 Å². The van der Waals surface area contributed by atoms with Crippen molar-refractivity contribution in [3.8, 4) is 0 Å². The van der Waals surface area contributed by atoms with Gasteiger partial charge in [-0.2, -0.15) is 13.2 Å². The van der Waals surface area contributed by atoms with E-state index in [2.05, 4.69) is 4.98 Å². The molecule has 0 radical (unpaired) electrons. The van der Waals surface area contributed by atoms with Gasteiger partial charge in [0.25, 0.3) is 0 Å². The van der Waals surface area contributed by atoms with Crippen molar-refractivity contribution in [2.45, 2.75) is 44.9 Å². The van der Waals surface area contributed by atoms with Crippen molar-refractivity contribution in [2.75, 3.05) is 0 Å². The van der Waals surface area contributed by atoms with Crippen molar-refractivity contribution >= 4 is 10.9 Å². The zero-order valence-electron chi connectivity index (χ0n) is 12.0. The highest BCUT2D eigenvalue weighted by Gasteiger charge is 2.29. The summed E-state index contributed by atoms with van der Waals surface area (Å²) in [6.07, 6.45) is -5.09. The number of aliphatic hydroxyl groups is 1. The van der Waals surface area contributed by atoms with E-state index in [1.54, 1.807) is 25.1 Å². The molecule has 1 aromatic heterocycles. The lowest BCUT2D eigenvalue weighted by Gasteiger charge is -2.24.